The summed E-state index contributed by atoms with van der Waals surface area (Å²) in [7, 11) is 0. The van der Waals surface area contributed by atoms with E-state index in [2.05, 4.69) is 15.4 Å². The van der Waals surface area contributed by atoms with Gasteiger partial charge in [0.2, 0.25) is 18.3 Å². The topological polar surface area (TPSA) is 109 Å². The maximum absolute atomic E-state index is 13.4. The summed E-state index contributed by atoms with van der Waals surface area (Å²) in [5.41, 5.74) is 3.45. The molecule has 10 heteroatoms. The van der Waals surface area contributed by atoms with Crippen molar-refractivity contribution in [2.45, 2.75) is 20.4 Å². The molecule has 0 saturated carbocycles. The highest BCUT2D eigenvalue weighted by atomic mass is 16.7. The van der Waals surface area contributed by atoms with E-state index < -0.39 is 11.6 Å². The largest absolute Gasteiger partial charge is 0.454 e. The lowest BCUT2D eigenvalue weighted by Crippen LogP contribution is -2.28. The lowest BCUT2D eigenvalue weighted by atomic mass is 10.1. The number of aromatic nitrogens is 4. The third-order valence-electron chi connectivity index (χ3n) is 5.73. The normalized spacial score (nSPS) is 12.3. The molecule has 3 heterocycles. The van der Waals surface area contributed by atoms with Crippen LogP contribution in [0.25, 0.3) is 16.7 Å². The summed E-state index contributed by atoms with van der Waals surface area (Å²) in [5.74, 6) is 1.49. The van der Waals surface area contributed by atoms with Crippen molar-refractivity contribution in [3.8, 4) is 23.1 Å². The SMILES string of the molecule is Cc1cc(C)cc(Oc2nc3ccccc3n3c(=O)n(CC(=O)Nc4ccc5c(c4)OCO5)nc23)c1. The van der Waals surface area contributed by atoms with Crippen LogP contribution in [0.4, 0.5) is 5.69 Å². The molecule has 0 atom stereocenters. The van der Waals surface area contributed by atoms with Gasteiger partial charge in [-0.1, -0.05) is 18.2 Å². The van der Waals surface area contributed by atoms with Crippen LogP contribution in [0.2, 0.25) is 0 Å². The maximum atomic E-state index is 13.4. The smallest absolute Gasteiger partial charge is 0.351 e. The van der Waals surface area contributed by atoms with Crippen LogP contribution in [0, 0.1) is 13.8 Å². The van der Waals surface area contributed by atoms with Crippen molar-refractivity contribution in [3.63, 3.8) is 0 Å². The monoisotopic (exact) mass is 483 g/mol. The molecule has 0 saturated heterocycles. The number of nitrogens with one attached hydrogen (secondary N) is 1. The Kier molecular flexibility index (Phi) is 5.06. The molecular weight excluding hydrogens is 462 g/mol. The Hall–Kier alpha value is -4.86. The van der Waals surface area contributed by atoms with E-state index in [4.69, 9.17) is 14.2 Å². The second-order valence-electron chi connectivity index (χ2n) is 8.55. The van der Waals surface area contributed by atoms with Crippen LogP contribution >= 0.6 is 0 Å². The van der Waals surface area contributed by atoms with Gasteiger partial charge >= 0.3 is 5.69 Å². The molecule has 0 fully saturated rings. The third kappa shape index (κ3) is 3.88. The van der Waals surface area contributed by atoms with E-state index in [1.807, 2.05) is 44.2 Å². The Morgan fingerprint density at radius 2 is 1.81 bits per heavy atom. The lowest BCUT2D eigenvalue weighted by Gasteiger charge is -2.09. The van der Waals surface area contributed by atoms with E-state index in [1.165, 1.54) is 4.40 Å². The maximum Gasteiger partial charge on any atom is 0.351 e. The Labute approximate surface area is 204 Å². The fourth-order valence-corrected chi connectivity index (χ4v) is 4.26. The average Bonchev–Trinajstić information content (AvgIpc) is 3.43. The number of hydrogen-bond donors (Lipinski definition) is 1. The molecule has 180 valence electrons. The second kappa shape index (κ2) is 8.42. The molecule has 0 bridgehead atoms. The molecular formula is C26H21N5O5. The molecule has 0 radical (unpaired) electrons. The first-order valence-corrected chi connectivity index (χ1v) is 11.3. The minimum atomic E-state index is -0.477. The number of carbonyl (C=O) groups excluding carboxylic acids is 1. The van der Waals surface area contributed by atoms with Gasteiger partial charge in [-0.25, -0.2) is 18.9 Å². The van der Waals surface area contributed by atoms with Crippen molar-refractivity contribution < 1.29 is 19.0 Å². The van der Waals surface area contributed by atoms with Gasteiger partial charge in [0.15, 0.2) is 11.5 Å². The van der Waals surface area contributed by atoms with Crippen LogP contribution in [-0.2, 0) is 11.3 Å². The molecule has 1 aliphatic heterocycles. The first-order valence-electron chi connectivity index (χ1n) is 11.3. The number of fused-ring (bicyclic) bond motifs is 4. The van der Waals surface area contributed by atoms with Gasteiger partial charge in [-0.2, -0.15) is 0 Å². The van der Waals surface area contributed by atoms with E-state index >= 15 is 0 Å². The standard InChI is InChI=1S/C26H21N5O5/c1-15-9-16(2)11-18(10-15)36-25-24-29-30(26(33)31(24)20-6-4-3-5-19(20)28-25)13-23(32)27-17-7-8-21-22(12-17)35-14-34-21/h3-12H,13-14H2,1-2H3,(H,27,32). The Bertz CT molecular complexity index is 1700. The Morgan fingerprint density at radius 3 is 2.64 bits per heavy atom. The number of carbonyl (C=O) groups is 1. The summed E-state index contributed by atoms with van der Waals surface area (Å²) in [5, 5.41) is 7.18. The number of rotatable bonds is 5. The van der Waals surface area contributed by atoms with Crippen molar-refractivity contribution in [3.05, 3.63) is 82.3 Å². The zero-order valence-corrected chi connectivity index (χ0v) is 19.5. The molecule has 10 nitrogen and oxygen atoms in total. The summed E-state index contributed by atoms with van der Waals surface area (Å²) >= 11 is 0. The number of nitrogens with zero attached hydrogens (tertiary/aromatic N) is 4. The van der Waals surface area contributed by atoms with Crippen LogP contribution in [0.5, 0.6) is 23.1 Å². The lowest BCUT2D eigenvalue weighted by molar-refractivity contribution is -0.117. The van der Waals surface area contributed by atoms with Crippen LogP contribution in [0.15, 0.2) is 65.5 Å². The molecule has 3 aromatic carbocycles. The van der Waals surface area contributed by atoms with Crippen LogP contribution in [-0.4, -0.2) is 31.9 Å². The van der Waals surface area contributed by atoms with Gasteiger partial charge in [0.25, 0.3) is 5.88 Å². The predicted octanol–water partition coefficient (Wildman–Crippen LogP) is 3.82. The molecule has 6 rings (SSSR count). The zero-order chi connectivity index (χ0) is 24.8. The molecule has 0 unspecified atom stereocenters. The molecule has 0 spiro atoms. The van der Waals surface area contributed by atoms with Gasteiger partial charge in [0, 0.05) is 11.8 Å². The fraction of sp³-hybridized carbons (Fsp3) is 0.154. The number of para-hydroxylation sites is 2. The highest BCUT2D eigenvalue weighted by Gasteiger charge is 2.20. The van der Waals surface area contributed by atoms with Crippen LogP contribution in [0.3, 0.4) is 0 Å². The first-order chi connectivity index (χ1) is 17.4. The summed E-state index contributed by atoms with van der Waals surface area (Å²) in [6.45, 7) is 3.78. The summed E-state index contributed by atoms with van der Waals surface area (Å²) in [6.07, 6.45) is 0. The molecule has 0 aliphatic carbocycles. The third-order valence-corrected chi connectivity index (χ3v) is 5.73. The van der Waals surface area contributed by atoms with Crippen molar-refractivity contribution >= 4 is 28.3 Å². The number of anilines is 1. The number of hydrogen-bond acceptors (Lipinski definition) is 7. The second-order valence-corrected chi connectivity index (χ2v) is 8.55. The molecule has 36 heavy (non-hydrogen) atoms. The molecule has 1 amide bonds. The van der Waals surface area contributed by atoms with Crippen molar-refractivity contribution in [1.29, 1.82) is 0 Å². The first kappa shape index (κ1) is 21.7. The summed E-state index contributed by atoms with van der Waals surface area (Å²) < 4.78 is 19.3. The van der Waals surface area contributed by atoms with Gasteiger partial charge < -0.3 is 19.5 Å². The minimum Gasteiger partial charge on any atom is -0.454 e. The van der Waals surface area contributed by atoms with Crippen LogP contribution in [0.1, 0.15) is 11.1 Å². The highest BCUT2D eigenvalue weighted by Crippen LogP contribution is 2.34. The summed E-state index contributed by atoms with van der Waals surface area (Å²) in [4.78, 5) is 30.8. The number of benzene rings is 3. The van der Waals surface area contributed by atoms with E-state index in [-0.39, 0.29) is 24.9 Å². The molecule has 2 aromatic heterocycles. The van der Waals surface area contributed by atoms with E-state index in [1.54, 1.807) is 30.3 Å². The van der Waals surface area contributed by atoms with E-state index in [0.29, 0.717) is 34.0 Å². The minimum absolute atomic E-state index is 0.137. The van der Waals surface area contributed by atoms with Gasteiger partial charge in [-0.05, 0) is 61.4 Å². The molecule has 1 N–H and O–H groups in total. The van der Waals surface area contributed by atoms with Crippen molar-refractivity contribution in [1.82, 2.24) is 19.2 Å². The summed E-state index contributed by atoms with van der Waals surface area (Å²) in [6, 6.07) is 18.1. The van der Waals surface area contributed by atoms with Crippen LogP contribution < -0.4 is 25.2 Å². The zero-order valence-electron chi connectivity index (χ0n) is 19.5. The Morgan fingerprint density at radius 1 is 1.03 bits per heavy atom. The van der Waals surface area contributed by atoms with Crippen molar-refractivity contribution in [2.75, 3.05) is 12.1 Å². The van der Waals surface area contributed by atoms with Gasteiger partial charge in [-0.3, -0.25) is 4.79 Å². The quantitative estimate of drug-likeness (QED) is 0.405. The molecule has 1 aliphatic rings. The Balaban J connectivity index is 1.37. The number of aryl methyl sites for hydroxylation is 2. The van der Waals surface area contributed by atoms with E-state index in [9.17, 15) is 9.59 Å². The van der Waals surface area contributed by atoms with Gasteiger partial charge in [0.05, 0.1) is 11.0 Å². The number of ether oxygens (including phenoxy) is 3. The predicted molar refractivity (Wildman–Crippen MR) is 132 cm³/mol. The fourth-order valence-electron chi connectivity index (χ4n) is 4.26. The van der Waals surface area contributed by atoms with E-state index in [0.717, 1.165) is 15.8 Å². The van der Waals surface area contributed by atoms with Gasteiger partial charge in [-0.15, -0.1) is 5.10 Å². The number of amides is 1. The van der Waals surface area contributed by atoms with Crippen molar-refractivity contribution in [2.24, 2.45) is 0 Å². The molecule has 5 aromatic rings. The average molecular weight is 483 g/mol. The van der Waals surface area contributed by atoms with Gasteiger partial charge in [0.1, 0.15) is 12.3 Å². The highest BCUT2D eigenvalue weighted by molar-refractivity contribution is 5.91.